The predicted molar refractivity (Wildman–Crippen MR) is 81.0 cm³/mol. The van der Waals surface area contributed by atoms with Crippen molar-refractivity contribution in [3.8, 4) is 0 Å². The van der Waals surface area contributed by atoms with Crippen LogP contribution in [-0.4, -0.2) is 56.0 Å². The Hall–Kier alpha value is -1.18. The summed E-state index contributed by atoms with van der Waals surface area (Å²) in [6, 6.07) is 3.88. The third kappa shape index (κ3) is 4.16. The number of carbonyl (C=O) groups is 1. The van der Waals surface area contributed by atoms with Crippen molar-refractivity contribution in [2.45, 2.75) is 6.42 Å². The molecule has 1 aromatic rings. The molecule has 0 N–H and O–H groups in total. The Morgan fingerprint density at radius 2 is 2.10 bits per heavy atom. The van der Waals surface area contributed by atoms with Crippen LogP contribution in [0.25, 0.3) is 6.08 Å². The summed E-state index contributed by atoms with van der Waals surface area (Å²) >= 11 is 1.57. The van der Waals surface area contributed by atoms with Gasteiger partial charge < -0.3 is 4.90 Å². The zero-order chi connectivity index (χ0) is 14.6. The van der Waals surface area contributed by atoms with E-state index in [-0.39, 0.29) is 5.91 Å². The largest absolute Gasteiger partial charge is 0.338 e. The van der Waals surface area contributed by atoms with E-state index in [1.165, 1.54) is 10.6 Å². The maximum atomic E-state index is 12.1. The van der Waals surface area contributed by atoms with E-state index in [2.05, 4.69) is 0 Å². The van der Waals surface area contributed by atoms with Crippen molar-refractivity contribution in [1.82, 2.24) is 9.21 Å². The zero-order valence-corrected chi connectivity index (χ0v) is 13.0. The van der Waals surface area contributed by atoms with E-state index in [0.717, 1.165) is 4.88 Å². The zero-order valence-electron chi connectivity index (χ0n) is 11.4. The average Bonchev–Trinajstić information content (AvgIpc) is 2.76. The molecular formula is C13H18N2O3S2. The van der Waals surface area contributed by atoms with Crippen molar-refractivity contribution < 1.29 is 13.2 Å². The van der Waals surface area contributed by atoms with Crippen LogP contribution >= 0.6 is 11.3 Å². The summed E-state index contributed by atoms with van der Waals surface area (Å²) in [5, 5.41) is 1.96. The van der Waals surface area contributed by atoms with Crippen LogP contribution in [0.15, 0.2) is 23.6 Å². The van der Waals surface area contributed by atoms with Crippen LogP contribution in [0.1, 0.15) is 11.3 Å². The fourth-order valence-electron chi connectivity index (χ4n) is 2.09. The summed E-state index contributed by atoms with van der Waals surface area (Å²) in [4.78, 5) is 14.8. The molecule has 20 heavy (non-hydrogen) atoms. The van der Waals surface area contributed by atoms with Gasteiger partial charge in [-0.2, -0.15) is 0 Å². The van der Waals surface area contributed by atoms with E-state index < -0.39 is 10.0 Å². The Kier molecular flexibility index (Phi) is 4.95. The van der Waals surface area contributed by atoms with Crippen molar-refractivity contribution >= 4 is 33.3 Å². The van der Waals surface area contributed by atoms with E-state index in [0.29, 0.717) is 32.6 Å². The van der Waals surface area contributed by atoms with Gasteiger partial charge in [-0.15, -0.1) is 11.3 Å². The summed E-state index contributed by atoms with van der Waals surface area (Å²) in [6.45, 7) is 1.90. The number of carbonyl (C=O) groups excluding carboxylic acids is 1. The molecule has 1 fully saturated rings. The summed E-state index contributed by atoms with van der Waals surface area (Å²) in [6.07, 6.45) is 5.24. The standard InChI is InChI=1S/C13H18N2O3S2/c1-20(17,18)15-8-3-7-14(9-10-15)13(16)6-5-12-4-2-11-19-12/h2,4-6,11H,3,7-10H2,1H3. The fourth-order valence-corrected chi connectivity index (χ4v) is 3.58. The normalized spacial score (nSPS) is 18.4. The molecule has 0 spiro atoms. The van der Waals surface area contributed by atoms with Gasteiger partial charge in [0.1, 0.15) is 0 Å². The molecule has 110 valence electrons. The minimum Gasteiger partial charge on any atom is -0.338 e. The summed E-state index contributed by atoms with van der Waals surface area (Å²) in [5.41, 5.74) is 0. The molecule has 2 heterocycles. The second-order valence-electron chi connectivity index (χ2n) is 4.69. The van der Waals surface area contributed by atoms with E-state index in [1.54, 1.807) is 28.4 Å². The van der Waals surface area contributed by atoms with Crippen molar-refractivity contribution in [1.29, 1.82) is 0 Å². The Labute approximate surface area is 123 Å². The molecule has 0 aromatic carbocycles. The fraction of sp³-hybridized carbons (Fsp3) is 0.462. The van der Waals surface area contributed by atoms with Gasteiger partial charge >= 0.3 is 0 Å². The number of thiophene rings is 1. The van der Waals surface area contributed by atoms with Gasteiger partial charge in [0.15, 0.2) is 0 Å². The van der Waals surface area contributed by atoms with E-state index >= 15 is 0 Å². The van der Waals surface area contributed by atoms with Crippen LogP contribution in [0.4, 0.5) is 0 Å². The number of hydrogen-bond donors (Lipinski definition) is 0. The lowest BCUT2D eigenvalue weighted by molar-refractivity contribution is -0.125. The summed E-state index contributed by atoms with van der Waals surface area (Å²) in [5.74, 6) is -0.0613. The topological polar surface area (TPSA) is 57.7 Å². The van der Waals surface area contributed by atoms with Gasteiger partial charge in [0.05, 0.1) is 6.26 Å². The molecule has 5 nitrogen and oxygen atoms in total. The van der Waals surface area contributed by atoms with E-state index in [1.807, 2.05) is 17.5 Å². The Bertz CT molecular complexity index is 579. The first-order chi connectivity index (χ1) is 9.47. The molecule has 0 unspecified atom stereocenters. The number of nitrogens with zero attached hydrogens (tertiary/aromatic N) is 2. The van der Waals surface area contributed by atoms with E-state index in [9.17, 15) is 13.2 Å². The monoisotopic (exact) mass is 314 g/mol. The first kappa shape index (κ1) is 15.2. The van der Waals surface area contributed by atoms with Crippen molar-refractivity contribution in [2.75, 3.05) is 32.4 Å². The molecule has 0 radical (unpaired) electrons. The van der Waals surface area contributed by atoms with Crippen LogP contribution in [0.3, 0.4) is 0 Å². The molecule has 0 bridgehead atoms. The molecule has 1 aromatic heterocycles. The van der Waals surface area contributed by atoms with Gasteiger partial charge in [-0.1, -0.05) is 6.07 Å². The van der Waals surface area contributed by atoms with Crippen LogP contribution < -0.4 is 0 Å². The number of amides is 1. The smallest absolute Gasteiger partial charge is 0.246 e. The Morgan fingerprint density at radius 1 is 1.30 bits per heavy atom. The first-order valence-corrected chi connectivity index (χ1v) is 9.15. The molecule has 0 atom stereocenters. The van der Waals surface area contributed by atoms with Crippen LogP contribution in [0, 0.1) is 0 Å². The quantitative estimate of drug-likeness (QED) is 0.789. The second-order valence-corrected chi connectivity index (χ2v) is 7.65. The molecule has 1 aliphatic heterocycles. The van der Waals surface area contributed by atoms with Crippen LogP contribution in [0.2, 0.25) is 0 Å². The highest BCUT2D eigenvalue weighted by molar-refractivity contribution is 7.88. The van der Waals surface area contributed by atoms with Crippen molar-refractivity contribution in [3.05, 3.63) is 28.5 Å². The lowest BCUT2D eigenvalue weighted by Crippen LogP contribution is -2.36. The SMILES string of the molecule is CS(=O)(=O)N1CCCN(C(=O)C=Cc2cccs2)CC1. The molecular weight excluding hydrogens is 296 g/mol. The molecule has 1 saturated heterocycles. The van der Waals surface area contributed by atoms with Gasteiger partial charge in [0.25, 0.3) is 0 Å². The maximum absolute atomic E-state index is 12.1. The van der Waals surface area contributed by atoms with Crippen molar-refractivity contribution in [2.24, 2.45) is 0 Å². The third-order valence-corrected chi connectivity index (χ3v) is 5.31. The summed E-state index contributed by atoms with van der Waals surface area (Å²) < 4.78 is 24.4. The summed E-state index contributed by atoms with van der Waals surface area (Å²) in [7, 11) is -3.17. The molecule has 1 aliphatic rings. The highest BCUT2D eigenvalue weighted by Gasteiger charge is 2.22. The number of rotatable bonds is 3. The maximum Gasteiger partial charge on any atom is 0.246 e. The lowest BCUT2D eigenvalue weighted by atomic mass is 10.3. The van der Waals surface area contributed by atoms with Gasteiger partial charge in [0, 0.05) is 37.1 Å². The Balaban J connectivity index is 1.95. The first-order valence-electron chi connectivity index (χ1n) is 6.42. The average molecular weight is 314 g/mol. The highest BCUT2D eigenvalue weighted by atomic mass is 32.2. The van der Waals surface area contributed by atoms with Crippen LogP contribution in [0.5, 0.6) is 0 Å². The van der Waals surface area contributed by atoms with Gasteiger partial charge in [0.2, 0.25) is 15.9 Å². The van der Waals surface area contributed by atoms with Gasteiger partial charge in [-0.05, 0) is 23.9 Å². The Morgan fingerprint density at radius 3 is 2.75 bits per heavy atom. The van der Waals surface area contributed by atoms with Crippen molar-refractivity contribution in [3.63, 3.8) is 0 Å². The molecule has 0 aliphatic carbocycles. The van der Waals surface area contributed by atoms with E-state index in [4.69, 9.17) is 0 Å². The predicted octanol–water partition coefficient (Wildman–Crippen LogP) is 1.26. The number of sulfonamides is 1. The third-order valence-electron chi connectivity index (χ3n) is 3.17. The van der Waals surface area contributed by atoms with Crippen LogP contribution in [-0.2, 0) is 14.8 Å². The second kappa shape index (κ2) is 6.51. The lowest BCUT2D eigenvalue weighted by Gasteiger charge is -2.19. The molecule has 1 amide bonds. The minimum absolute atomic E-state index is 0.0613. The molecule has 7 heteroatoms. The molecule has 2 rings (SSSR count). The molecule has 0 saturated carbocycles. The number of hydrogen-bond acceptors (Lipinski definition) is 4. The minimum atomic E-state index is -3.17. The van der Waals surface area contributed by atoms with Gasteiger partial charge in [-0.3, -0.25) is 4.79 Å². The highest BCUT2D eigenvalue weighted by Crippen LogP contribution is 2.12. The van der Waals surface area contributed by atoms with Gasteiger partial charge in [-0.25, -0.2) is 12.7 Å².